The highest BCUT2D eigenvalue weighted by Crippen LogP contribution is 1.99. The monoisotopic (exact) mass is 172 g/mol. The predicted molar refractivity (Wildman–Crippen MR) is 47.3 cm³/mol. The van der Waals surface area contributed by atoms with Crippen molar-refractivity contribution >= 4 is 5.91 Å². The zero-order valence-corrected chi connectivity index (χ0v) is 8.01. The van der Waals surface area contributed by atoms with Gasteiger partial charge >= 0.3 is 0 Å². The van der Waals surface area contributed by atoms with E-state index < -0.39 is 6.61 Å². The molecule has 0 fully saturated rings. The van der Waals surface area contributed by atoms with Gasteiger partial charge in [-0.1, -0.05) is 26.2 Å². The lowest BCUT2D eigenvalue weighted by atomic mass is 10.2. The minimum Gasteiger partial charge on any atom is -0.344 e. The van der Waals surface area contributed by atoms with Gasteiger partial charge in [-0.15, -0.1) is 0 Å². The summed E-state index contributed by atoms with van der Waals surface area (Å²) < 4.78 is 0. The molecule has 0 aliphatic heterocycles. The first kappa shape index (κ1) is 11.4. The van der Waals surface area contributed by atoms with Crippen molar-refractivity contribution in [1.82, 2.24) is 4.90 Å². The summed E-state index contributed by atoms with van der Waals surface area (Å²) in [6.45, 7) is 2.25. The Bertz CT molecular complexity index is 126. The molecule has 3 nitrogen and oxygen atoms in total. The molecule has 0 aliphatic rings. The average Bonchev–Trinajstić information content (AvgIpc) is 2.10. The van der Waals surface area contributed by atoms with E-state index in [1.807, 2.05) is 0 Å². The summed E-state index contributed by atoms with van der Waals surface area (Å²) in [7, 11) is 1.69. The molecule has 1 radical (unpaired) electrons. The van der Waals surface area contributed by atoms with Crippen molar-refractivity contribution in [2.75, 3.05) is 20.2 Å². The van der Waals surface area contributed by atoms with Crippen LogP contribution >= 0.6 is 0 Å². The second-order valence-corrected chi connectivity index (χ2v) is 3.02. The van der Waals surface area contributed by atoms with Gasteiger partial charge in [0.25, 0.3) is 5.91 Å². The van der Waals surface area contributed by atoms with E-state index in [4.69, 9.17) is 0 Å². The van der Waals surface area contributed by atoms with Crippen LogP contribution in [-0.4, -0.2) is 31.0 Å². The number of hydrogen-bond donors (Lipinski definition) is 0. The third-order valence-electron chi connectivity index (χ3n) is 1.90. The van der Waals surface area contributed by atoms with Gasteiger partial charge in [0, 0.05) is 13.6 Å². The second kappa shape index (κ2) is 7.10. The third-order valence-corrected chi connectivity index (χ3v) is 1.90. The highest BCUT2D eigenvalue weighted by molar-refractivity contribution is 5.76. The van der Waals surface area contributed by atoms with Gasteiger partial charge in [0.2, 0.25) is 0 Å². The Balaban J connectivity index is 3.31. The third kappa shape index (κ3) is 5.13. The van der Waals surface area contributed by atoms with Crippen molar-refractivity contribution < 1.29 is 9.90 Å². The molecular formula is C9H18NO2. The molecule has 0 aromatic heterocycles. The van der Waals surface area contributed by atoms with Crippen LogP contribution in [0.15, 0.2) is 0 Å². The van der Waals surface area contributed by atoms with Gasteiger partial charge in [0.15, 0.2) is 6.61 Å². The van der Waals surface area contributed by atoms with Gasteiger partial charge in [-0.3, -0.25) is 4.79 Å². The molecule has 0 bridgehead atoms. The lowest BCUT2D eigenvalue weighted by molar-refractivity contribution is -0.134. The molecule has 0 aliphatic carbocycles. The predicted octanol–water partition coefficient (Wildman–Crippen LogP) is 1.46. The largest absolute Gasteiger partial charge is 0.344 e. The summed E-state index contributed by atoms with van der Waals surface area (Å²) in [6, 6.07) is 0. The van der Waals surface area contributed by atoms with Crippen LogP contribution in [-0.2, 0) is 9.90 Å². The fourth-order valence-corrected chi connectivity index (χ4v) is 1.01. The van der Waals surface area contributed by atoms with E-state index in [-0.39, 0.29) is 5.91 Å². The molecule has 71 valence electrons. The van der Waals surface area contributed by atoms with E-state index in [0.29, 0.717) is 0 Å². The number of amides is 1. The number of hydrogen-bond acceptors (Lipinski definition) is 1. The number of likely N-dealkylation sites (N-methyl/N-ethyl adjacent to an activating group) is 1. The lowest BCUT2D eigenvalue weighted by Crippen LogP contribution is -2.29. The topological polar surface area (TPSA) is 40.2 Å². The Morgan fingerprint density at radius 1 is 1.25 bits per heavy atom. The molecule has 0 rings (SSSR count). The normalized spacial score (nSPS) is 9.92. The summed E-state index contributed by atoms with van der Waals surface area (Å²) in [5.74, 6) is -0.300. The van der Waals surface area contributed by atoms with E-state index in [1.165, 1.54) is 17.7 Å². The molecule has 0 spiro atoms. The highest BCUT2D eigenvalue weighted by atomic mass is 16.3. The van der Waals surface area contributed by atoms with Crippen molar-refractivity contribution in [3.63, 3.8) is 0 Å². The van der Waals surface area contributed by atoms with Crippen molar-refractivity contribution in [2.45, 2.75) is 32.6 Å². The van der Waals surface area contributed by atoms with Crippen LogP contribution in [0.3, 0.4) is 0 Å². The van der Waals surface area contributed by atoms with Gasteiger partial charge in [0.1, 0.15) is 0 Å². The van der Waals surface area contributed by atoms with Crippen molar-refractivity contribution in [3.05, 3.63) is 0 Å². The van der Waals surface area contributed by atoms with Crippen LogP contribution < -0.4 is 0 Å². The Kier molecular flexibility index (Phi) is 6.76. The Morgan fingerprint density at radius 2 is 1.92 bits per heavy atom. The maximum atomic E-state index is 10.8. The number of carbonyl (C=O) groups excluding carboxylic acids is 1. The molecule has 3 heteroatoms. The maximum absolute atomic E-state index is 10.8. The first-order valence-corrected chi connectivity index (χ1v) is 4.54. The second-order valence-electron chi connectivity index (χ2n) is 3.02. The summed E-state index contributed by atoms with van der Waals surface area (Å²) in [4.78, 5) is 12.3. The number of nitrogens with zero attached hydrogens (tertiary/aromatic N) is 1. The van der Waals surface area contributed by atoms with Gasteiger partial charge in [-0.25, -0.2) is 5.11 Å². The highest BCUT2D eigenvalue weighted by Gasteiger charge is 2.05. The summed E-state index contributed by atoms with van der Waals surface area (Å²) in [5, 5.41) is 10.2. The summed E-state index contributed by atoms with van der Waals surface area (Å²) in [5.41, 5.74) is 0. The fourth-order valence-electron chi connectivity index (χ4n) is 1.01. The molecule has 12 heavy (non-hydrogen) atoms. The smallest absolute Gasteiger partial charge is 0.251 e. The number of carbonyl (C=O) groups is 1. The van der Waals surface area contributed by atoms with Crippen molar-refractivity contribution in [2.24, 2.45) is 0 Å². The number of rotatable bonds is 6. The molecule has 0 heterocycles. The van der Waals surface area contributed by atoms with Crippen LogP contribution in [0.2, 0.25) is 0 Å². The fraction of sp³-hybridized carbons (Fsp3) is 0.889. The molecule has 0 saturated heterocycles. The lowest BCUT2D eigenvalue weighted by Gasteiger charge is -2.14. The molecule has 0 aromatic carbocycles. The molecule has 0 unspecified atom stereocenters. The zero-order valence-electron chi connectivity index (χ0n) is 8.01. The Labute approximate surface area is 74.4 Å². The van der Waals surface area contributed by atoms with Gasteiger partial charge < -0.3 is 4.90 Å². The van der Waals surface area contributed by atoms with E-state index in [9.17, 15) is 9.90 Å². The summed E-state index contributed by atoms with van der Waals surface area (Å²) in [6.07, 6.45) is 4.56. The van der Waals surface area contributed by atoms with Gasteiger partial charge in [0.05, 0.1) is 0 Å². The molecule has 0 N–H and O–H groups in total. The van der Waals surface area contributed by atoms with Crippen LogP contribution in [0.5, 0.6) is 0 Å². The number of unbranched alkanes of at least 4 members (excludes halogenated alkanes) is 3. The van der Waals surface area contributed by atoms with Crippen LogP contribution in [0.25, 0.3) is 0 Å². The summed E-state index contributed by atoms with van der Waals surface area (Å²) >= 11 is 0. The molecular weight excluding hydrogens is 154 g/mol. The van der Waals surface area contributed by atoms with Crippen LogP contribution in [0, 0.1) is 0 Å². The molecule has 1 amide bonds. The van der Waals surface area contributed by atoms with Crippen molar-refractivity contribution in [3.8, 4) is 0 Å². The van der Waals surface area contributed by atoms with Crippen molar-refractivity contribution in [1.29, 1.82) is 0 Å². The molecule has 0 saturated carbocycles. The van der Waals surface area contributed by atoms with Crippen LogP contribution in [0.1, 0.15) is 32.6 Å². The van der Waals surface area contributed by atoms with E-state index in [0.717, 1.165) is 19.4 Å². The standard InChI is InChI=1S/C9H18NO2/c1-3-4-5-6-7-10(2)9(12)8-11/h3-8H2,1-2H3. The van der Waals surface area contributed by atoms with Gasteiger partial charge in [-0.2, -0.15) is 0 Å². The quantitative estimate of drug-likeness (QED) is 0.559. The maximum Gasteiger partial charge on any atom is 0.251 e. The molecule has 0 atom stereocenters. The Hall–Kier alpha value is -0.570. The van der Waals surface area contributed by atoms with Gasteiger partial charge in [-0.05, 0) is 6.42 Å². The minimum absolute atomic E-state index is 0.300. The molecule has 0 aromatic rings. The van der Waals surface area contributed by atoms with E-state index in [2.05, 4.69) is 6.92 Å². The Morgan fingerprint density at radius 3 is 2.42 bits per heavy atom. The zero-order chi connectivity index (χ0) is 9.40. The minimum atomic E-state index is -0.621. The first-order chi connectivity index (χ1) is 5.72. The SMILES string of the molecule is CCCCCCN(C)C(=O)C[O]. The first-order valence-electron chi connectivity index (χ1n) is 4.54. The van der Waals surface area contributed by atoms with E-state index >= 15 is 0 Å². The average molecular weight is 172 g/mol. The van der Waals surface area contributed by atoms with E-state index in [1.54, 1.807) is 7.05 Å². The van der Waals surface area contributed by atoms with Crippen LogP contribution in [0.4, 0.5) is 0 Å².